The lowest BCUT2D eigenvalue weighted by Crippen LogP contribution is -2.09. The lowest BCUT2D eigenvalue weighted by molar-refractivity contribution is 0.619. The summed E-state index contributed by atoms with van der Waals surface area (Å²) in [6.07, 6.45) is 0. The lowest BCUT2D eigenvalue weighted by atomic mass is 10.0. The number of hydrogen-bond donors (Lipinski definition) is 0. The zero-order valence-corrected chi connectivity index (χ0v) is 29.8. The van der Waals surface area contributed by atoms with Gasteiger partial charge < -0.3 is 13.7 Å². The van der Waals surface area contributed by atoms with Gasteiger partial charge in [0.05, 0.1) is 5.39 Å². The maximum absolute atomic E-state index is 6.58. The number of para-hydroxylation sites is 2. The second kappa shape index (κ2) is 12.3. The summed E-state index contributed by atoms with van der Waals surface area (Å²) < 4.78 is 15.4. The number of nitrogens with zero attached hydrogens (tertiary/aromatic N) is 2. The molecule has 0 N–H and O–H groups in total. The fourth-order valence-electron chi connectivity index (χ4n) is 7.78. The first-order valence-electron chi connectivity index (χ1n) is 18.0. The molecule has 3 aromatic heterocycles. The van der Waals surface area contributed by atoms with Gasteiger partial charge >= 0.3 is 0 Å². The summed E-state index contributed by atoms with van der Waals surface area (Å²) >= 11 is 1.86. The van der Waals surface area contributed by atoms with Crippen molar-refractivity contribution in [2.75, 3.05) is 4.90 Å². The van der Waals surface area contributed by atoms with Crippen LogP contribution < -0.4 is 4.90 Å². The molecule has 0 bridgehead atoms. The van der Waals surface area contributed by atoms with Gasteiger partial charge in [-0.05, 0) is 83.4 Å². The molecule has 54 heavy (non-hydrogen) atoms. The van der Waals surface area contributed by atoms with Crippen LogP contribution in [0.1, 0.15) is 0 Å². The third-order valence-electron chi connectivity index (χ3n) is 10.3. The van der Waals surface area contributed by atoms with Crippen molar-refractivity contribution in [3.05, 3.63) is 182 Å². The van der Waals surface area contributed by atoms with Crippen LogP contribution in [0.5, 0.6) is 0 Å². The number of fused-ring (bicyclic) bond motifs is 8. The molecule has 254 valence electrons. The highest BCUT2D eigenvalue weighted by molar-refractivity contribution is 7.26. The molecule has 8 aromatic carbocycles. The Hall–Kier alpha value is -6.95. The number of aromatic nitrogens is 1. The molecule has 11 rings (SSSR count). The minimum Gasteiger partial charge on any atom is -0.455 e. The molecule has 0 aliphatic carbocycles. The Kier molecular flexibility index (Phi) is 7.00. The Morgan fingerprint density at radius 1 is 0.426 bits per heavy atom. The van der Waals surface area contributed by atoms with Crippen molar-refractivity contribution in [1.29, 1.82) is 0 Å². The van der Waals surface area contributed by atoms with Crippen molar-refractivity contribution in [3.63, 3.8) is 0 Å². The zero-order chi connectivity index (χ0) is 35.6. The van der Waals surface area contributed by atoms with Gasteiger partial charge in [-0.3, -0.25) is 0 Å². The molecule has 3 heterocycles. The third kappa shape index (κ3) is 4.94. The molecule has 0 atom stereocenters. The van der Waals surface area contributed by atoms with Gasteiger partial charge in [0.2, 0.25) is 5.89 Å². The SMILES string of the molecule is c1ccc(-c2nc3c(ccc4oc5c(-c6ccc(N(c7ccccc7)c7ccc(-c8cccc9c8sc8ccccc89)cc7)cc6)cccc5c43)o2)cc1. The first kappa shape index (κ1) is 30.7. The maximum atomic E-state index is 6.58. The molecule has 0 radical (unpaired) electrons. The van der Waals surface area contributed by atoms with Crippen LogP contribution in [0.15, 0.2) is 191 Å². The van der Waals surface area contributed by atoms with Gasteiger partial charge in [-0.15, -0.1) is 11.3 Å². The fourth-order valence-corrected chi connectivity index (χ4v) is 9.02. The van der Waals surface area contributed by atoms with Gasteiger partial charge in [0.25, 0.3) is 0 Å². The molecule has 4 nitrogen and oxygen atoms in total. The van der Waals surface area contributed by atoms with Crippen LogP contribution in [0.3, 0.4) is 0 Å². The first-order chi connectivity index (χ1) is 26.8. The molecular formula is C49H30N2O2S. The van der Waals surface area contributed by atoms with E-state index in [1.165, 1.54) is 31.3 Å². The number of benzene rings is 8. The van der Waals surface area contributed by atoms with Crippen molar-refractivity contribution in [3.8, 4) is 33.7 Å². The van der Waals surface area contributed by atoms with Gasteiger partial charge in [-0.1, -0.05) is 115 Å². The van der Waals surface area contributed by atoms with Crippen molar-refractivity contribution in [1.82, 2.24) is 4.98 Å². The Labute approximate surface area is 314 Å². The highest BCUT2D eigenvalue weighted by Crippen LogP contribution is 2.43. The van der Waals surface area contributed by atoms with E-state index in [0.717, 1.165) is 66.8 Å². The average Bonchev–Trinajstić information content (AvgIpc) is 3.96. The van der Waals surface area contributed by atoms with E-state index in [2.05, 4.69) is 144 Å². The molecule has 0 aliphatic heterocycles. The normalized spacial score (nSPS) is 11.7. The number of rotatable bonds is 6. The van der Waals surface area contributed by atoms with Crippen LogP contribution in [0.2, 0.25) is 0 Å². The standard InChI is InChI=1S/C49H30N2O2S/c1-3-11-33(12-4-1)49-50-46-43(53-49)30-29-42-45(46)41-19-9-16-37(47(41)52-42)31-21-25-35(26-22-31)51(34-13-5-2-6-14-34)36-27-23-32(24-28-36)38-17-10-18-40-39-15-7-8-20-44(39)54-48(38)40/h1-30H. The molecule has 0 saturated carbocycles. The topological polar surface area (TPSA) is 42.4 Å². The van der Waals surface area contributed by atoms with E-state index in [0.29, 0.717) is 5.89 Å². The van der Waals surface area contributed by atoms with Gasteiger partial charge in [0, 0.05) is 53.7 Å². The Morgan fingerprint density at radius 3 is 1.78 bits per heavy atom. The van der Waals surface area contributed by atoms with Crippen molar-refractivity contribution < 1.29 is 8.83 Å². The van der Waals surface area contributed by atoms with E-state index < -0.39 is 0 Å². The molecule has 0 saturated heterocycles. The average molecular weight is 711 g/mol. The Morgan fingerprint density at radius 2 is 1.02 bits per heavy atom. The van der Waals surface area contributed by atoms with Gasteiger partial charge in [0.15, 0.2) is 5.58 Å². The van der Waals surface area contributed by atoms with Crippen molar-refractivity contribution in [2.24, 2.45) is 0 Å². The van der Waals surface area contributed by atoms with Crippen LogP contribution in [-0.2, 0) is 0 Å². The van der Waals surface area contributed by atoms with E-state index in [-0.39, 0.29) is 0 Å². The van der Waals surface area contributed by atoms with E-state index in [1.54, 1.807) is 0 Å². The number of oxazole rings is 1. The molecule has 0 spiro atoms. The predicted octanol–water partition coefficient (Wildman–Crippen LogP) is 14.6. The molecule has 0 fully saturated rings. The minimum absolute atomic E-state index is 0.602. The van der Waals surface area contributed by atoms with E-state index >= 15 is 0 Å². The molecular weight excluding hydrogens is 681 g/mol. The smallest absolute Gasteiger partial charge is 0.227 e. The Bertz CT molecular complexity index is 3140. The third-order valence-corrected chi connectivity index (χ3v) is 11.6. The number of thiophene rings is 1. The second-order valence-corrected chi connectivity index (χ2v) is 14.6. The molecule has 0 aliphatic rings. The highest BCUT2D eigenvalue weighted by Gasteiger charge is 2.20. The molecule has 0 unspecified atom stereocenters. The first-order valence-corrected chi connectivity index (χ1v) is 18.8. The van der Waals surface area contributed by atoms with Crippen LogP contribution in [0, 0.1) is 0 Å². The van der Waals surface area contributed by atoms with Gasteiger partial charge in [-0.25, -0.2) is 4.98 Å². The fraction of sp³-hybridized carbons (Fsp3) is 0. The van der Waals surface area contributed by atoms with Gasteiger partial charge in [-0.2, -0.15) is 0 Å². The summed E-state index contributed by atoms with van der Waals surface area (Å²) in [5.41, 5.74) is 11.9. The van der Waals surface area contributed by atoms with Gasteiger partial charge in [0.1, 0.15) is 16.7 Å². The van der Waals surface area contributed by atoms with Crippen LogP contribution in [0.4, 0.5) is 17.1 Å². The number of anilines is 3. The summed E-state index contributed by atoms with van der Waals surface area (Å²) in [5.74, 6) is 0.602. The largest absolute Gasteiger partial charge is 0.455 e. The van der Waals surface area contributed by atoms with E-state index in [4.69, 9.17) is 13.8 Å². The number of hydrogen-bond acceptors (Lipinski definition) is 5. The van der Waals surface area contributed by atoms with Crippen molar-refractivity contribution in [2.45, 2.75) is 0 Å². The van der Waals surface area contributed by atoms with Crippen LogP contribution in [0.25, 0.3) is 86.9 Å². The molecule has 5 heteroatoms. The lowest BCUT2D eigenvalue weighted by Gasteiger charge is -2.26. The predicted molar refractivity (Wildman–Crippen MR) is 225 cm³/mol. The summed E-state index contributed by atoms with van der Waals surface area (Å²) in [5, 5.41) is 4.61. The summed E-state index contributed by atoms with van der Waals surface area (Å²) in [4.78, 5) is 7.24. The molecule has 0 amide bonds. The second-order valence-electron chi connectivity index (χ2n) is 13.5. The summed E-state index contributed by atoms with van der Waals surface area (Å²) in [7, 11) is 0. The van der Waals surface area contributed by atoms with Crippen LogP contribution in [-0.4, -0.2) is 4.98 Å². The minimum atomic E-state index is 0.602. The monoisotopic (exact) mass is 710 g/mol. The maximum Gasteiger partial charge on any atom is 0.227 e. The number of furan rings is 1. The van der Waals surface area contributed by atoms with E-state index in [9.17, 15) is 0 Å². The molecule has 11 aromatic rings. The summed E-state index contributed by atoms with van der Waals surface area (Å²) in [6.45, 7) is 0. The zero-order valence-electron chi connectivity index (χ0n) is 28.9. The highest BCUT2D eigenvalue weighted by atomic mass is 32.1. The van der Waals surface area contributed by atoms with Crippen molar-refractivity contribution >= 4 is 81.6 Å². The summed E-state index contributed by atoms with van der Waals surface area (Å²) in [6, 6.07) is 63.8. The van der Waals surface area contributed by atoms with Crippen LogP contribution >= 0.6 is 11.3 Å². The quantitative estimate of drug-likeness (QED) is 0.172. The van der Waals surface area contributed by atoms with E-state index in [1.807, 2.05) is 53.8 Å². The Balaban J connectivity index is 0.970.